The highest BCUT2D eigenvalue weighted by atomic mass is 31.2. The normalized spacial score (nSPS) is 14.8. The molecule has 0 spiro atoms. The van der Waals surface area contributed by atoms with Gasteiger partial charge in [-0.15, -0.1) is 0 Å². The number of esters is 4. The SMILES string of the molecule is CCC(C)CCCCCCCCC(=O)OC[C@H](COP(=O)(O)OC[C@H](O)COP(=O)(O)OC[C@@H](COC(=O)CCCCCCCCCC(C)C)OC(=O)CCCCCCCCCCCCC(C)C)OC(=O)CCCCCCCCC(C)C. The predicted molar refractivity (Wildman–Crippen MR) is 326 cm³/mol. The molecule has 17 nitrogen and oxygen atoms in total. The topological polar surface area (TPSA) is 237 Å². The van der Waals surface area contributed by atoms with Crippen LogP contribution in [-0.2, 0) is 65.4 Å². The minimum atomic E-state index is -4.94. The molecule has 3 N–H and O–H groups in total. The Bertz CT molecular complexity index is 1650. The zero-order chi connectivity index (χ0) is 61.1. The maximum atomic E-state index is 13.0. The van der Waals surface area contributed by atoms with Crippen LogP contribution in [-0.4, -0.2) is 96.7 Å². The Kier molecular flexibility index (Phi) is 52.0. The summed E-state index contributed by atoms with van der Waals surface area (Å²) in [5.41, 5.74) is 0. The molecule has 0 saturated heterocycles. The van der Waals surface area contributed by atoms with E-state index >= 15 is 0 Å². The number of phosphoric acid groups is 2. The monoisotopic (exact) mass is 1210 g/mol. The first-order valence-corrected chi connectivity index (χ1v) is 35.7. The van der Waals surface area contributed by atoms with E-state index in [1.807, 2.05) is 0 Å². The minimum absolute atomic E-state index is 0.100. The smallest absolute Gasteiger partial charge is 0.462 e. The Hall–Kier alpha value is -1.94. The Labute approximate surface area is 498 Å². The summed E-state index contributed by atoms with van der Waals surface area (Å²) in [5.74, 6) is 0.712. The predicted octanol–water partition coefficient (Wildman–Crippen LogP) is 17.0. The molecule has 0 bridgehead atoms. The largest absolute Gasteiger partial charge is 0.472 e. The highest BCUT2D eigenvalue weighted by Gasteiger charge is 2.30. The number of carbonyl (C=O) groups is 4. The summed E-state index contributed by atoms with van der Waals surface area (Å²) in [4.78, 5) is 72.1. The molecule has 0 heterocycles. The number of hydrogen-bond acceptors (Lipinski definition) is 15. The molecule has 0 aromatic heterocycles. The van der Waals surface area contributed by atoms with Crippen LogP contribution in [0, 0.1) is 23.7 Å². The molecule has 0 aromatic rings. The van der Waals surface area contributed by atoms with E-state index in [0.717, 1.165) is 115 Å². The third-order valence-corrected chi connectivity index (χ3v) is 16.6. The van der Waals surface area contributed by atoms with E-state index < -0.39 is 97.5 Å². The number of hydrogen-bond donors (Lipinski definition) is 3. The van der Waals surface area contributed by atoms with E-state index in [1.165, 1.54) is 89.9 Å². The van der Waals surface area contributed by atoms with Gasteiger partial charge < -0.3 is 33.8 Å². The van der Waals surface area contributed by atoms with Crippen LogP contribution in [0.2, 0.25) is 0 Å². The van der Waals surface area contributed by atoms with Gasteiger partial charge in [0.15, 0.2) is 12.2 Å². The van der Waals surface area contributed by atoms with Crippen molar-refractivity contribution in [3.05, 3.63) is 0 Å². The first-order chi connectivity index (χ1) is 39.1. The molecule has 0 radical (unpaired) electrons. The molecular formula is C63H122O17P2. The molecule has 486 valence electrons. The maximum absolute atomic E-state index is 13.0. The van der Waals surface area contributed by atoms with Gasteiger partial charge in [0.25, 0.3) is 0 Å². The first kappa shape index (κ1) is 80.1. The van der Waals surface area contributed by atoms with Gasteiger partial charge in [-0.05, 0) is 49.4 Å². The summed E-state index contributed by atoms with van der Waals surface area (Å²) in [7, 11) is -9.89. The van der Waals surface area contributed by atoms with E-state index in [4.69, 9.17) is 37.0 Å². The molecule has 19 heteroatoms. The van der Waals surface area contributed by atoms with Crippen molar-refractivity contribution in [2.45, 2.75) is 318 Å². The van der Waals surface area contributed by atoms with Crippen LogP contribution in [0.4, 0.5) is 0 Å². The summed E-state index contributed by atoms with van der Waals surface area (Å²) in [6.07, 6.45) is 32.4. The van der Waals surface area contributed by atoms with Crippen molar-refractivity contribution >= 4 is 39.5 Å². The zero-order valence-electron chi connectivity index (χ0n) is 53.1. The number of aliphatic hydroxyl groups is 1. The number of unbranched alkanes of at least 4 members (excludes halogenated alkanes) is 25. The fraction of sp³-hybridized carbons (Fsp3) is 0.937. The second-order valence-corrected chi connectivity index (χ2v) is 27.4. The van der Waals surface area contributed by atoms with Crippen molar-refractivity contribution in [2.24, 2.45) is 23.7 Å². The quantitative estimate of drug-likeness (QED) is 0.0222. The number of carbonyl (C=O) groups excluding carboxylic acids is 4. The van der Waals surface area contributed by atoms with E-state index in [1.54, 1.807) is 0 Å². The van der Waals surface area contributed by atoms with E-state index in [-0.39, 0.29) is 25.7 Å². The molecule has 82 heavy (non-hydrogen) atoms. The standard InChI is InChI=1S/C63H122O17P2/c1-9-56(8)42-34-26-20-22-28-36-44-61(66)74-50-59(80-63(68)46-38-30-21-19-25-33-41-55(6)7)52-78-82(71,72)76-48-57(64)47-75-81(69,70)77-51-58(49-73-60(65)43-35-27-18-14-16-24-32-40-54(4)5)79-62(67)45-37-29-17-13-11-10-12-15-23-31-39-53(2)3/h53-59,64H,9-52H2,1-8H3,(H,69,70)(H,71,72)/t56?,57-,58-,59-/m1/s1. The van der Waals surface area contributed by atoms with Crippen LogP contribution in [0.3, 0.4) is 0 Å². The molecule has 0 saturated carbocycles. The lowest BCUT2D eigenvalue weighted by atomic mass is 10.00. The van der Waals surface area contributed by atoms with Gasteiger partial charge in [0.1, 0.15) is 19.3 Å². The molecule has 0 aromatic carbocycles. The lowest BCUT2D eigenvalue weighted by Crippen LogP contribution is -2.30. The van der Waals surface area contributed by atoms with Crippen LogP contribution >= 0.6 is 15.6 Å². The number of rotatable bonds is 60. The van der Waals surface area contributed by atoms with Crippen molar-refractivity contribution in [1.29, 1.82) is 0 Å². The molecule has 0 fully saturated rings. The third-order valence-electron chi connectivity index (χ3n) is 14.7. The summed E-state index contributed by atoms with van der Waals surface area (Å²) >= 11 is 0. The minimum Gasteiger partial charge on any atom is -0.462 e. The summed E-state index contributed by atoms with van der Waals surface area (Å²) in [6, 6.07) is 0. The highest BCUT2D eigenvalue weighted by Crippen LogP contribution is 2.45. The number of aliphatic hydroxyl groups excluding tert-OH is 1. The summed E-state index contributed by atoms with van der Waals surface area (Å²) in [6.45, 7) is 13.9. The van der Waals surface area contributed by atoms with Crippen molar-refractivity contribution in [1.82, 2.24) is 0 Å². The second-order valence-electron chi connectivity index (χ2n) is 24.5. The van der Waals surface area contributed by atoms with Crippen molar-refractivity contribution in [3.63, 3.8) is 0 Å². The lowest BCUT2D eigenvalue weighted by molar-refractivity contribution is -0.161. The van der Waals surface area contributed by atoms with Gasteiger partial charge in [0, 0.05) is 25.7 Å². The van der Waals surface area contributed by atoms with Crippen molar-refractivity contribution < 1.29 is 80.2 Å². The molecule has 0 aliphatic rings. The molecule has 0 amide bonds. The first-order valence-electron chi connectivity index (χ1n) is 32.7. The number of phosphoric ester groups is 2. The third kappa shape index (κ3) is 55.9. The second kappa shape index (κ2) is 53.3. The summed E-state index contributed by atoms with van der Waals surface area (Å²) < 4.78 is 67.9. The van der Waals surface area contributed by atoms with E-state index in [2.05, 4.69) is 55.4 Å². The van der Waals surface area contributed by atoms with E-state index in [9.17, 15) is 43.2 Å². The van der Waals surface area contributed by atoms with E-state index in [0.29, 0.717) is 37.5 Å². The average molecular weight is 1210 g/mol. The summed E-state index contributed by atoms with van der Waals surface area (Å²) in [5, 5.41) is 10.5. The van der Waals surface area contributed by atoms with Gasteiger partial charge in [-0.25, -0.2) is 9.13 Å². The van der Waals surface area contributed by atoms with Gasteiger partial charge in [0.2, 0.25) is 0 Å². The van der Waals surface area contributed by atoms with Crippen LogP contribution < -0.4 is 0 Å². The van der Waals surface area contributed by atoms with Crippen LogP contribution in [0.5, 0.6) is 0 Å². The molecule has 6 atom stereocenters. The van der Waals surface area contributed by atoms with Gasteiger partial charge in [-0.2, -0.15) is 0 Å². The Morgan fingerprint density at radius 1 is 0.341 bits per heavy atom. The van der Waals surface area contributed by atoms with Crippen molar-refractivity contribution in [3.8, 4) is 0 Å². The molecule has 0 aliphatic heterocycles. The zero-order valence-corrected chi connectivity index (χ0v) is 54.9. The van der Waals surface area contributed by atoms with Gasteiger partial charge in [-0.1, -0.05) is 248 Å². The van der Waals surface area contributed by atoms with Crippen LogP contribution in [0.1, 0.15) is 299 Å². The van der Waals surface area contributed by atoms with Gasteiger partial charge in [-0.3, -0.25) is 37.3 Å². The molecule has 3 unspecified atom stereocenters. The van der Waals surface area contributed by atoms with Crippen LogP contribution in [0.15, 0.2) is 0 Å². The fourth-order valence-electron chi connectivity index (χ4n) is 9.22. The molecular weight excluding hydrogens is 1090 g/mol. The maximum Gasteiger partial charge on any atom is 0.472 e. The highest BCUT2D eigenvalue weighted by molar-refractivity contribution is 7.47. The Balaban J connectivity index is 5.25. The average Bonchev–Trinajstić information content (AvgIpc) is 3.42. The fourth-order valence-corrected chi connectivity index (χ4v) is 10.8. The van der Waals surface area contributed by atoms with Crippen LogP contribution in [0.25, 0.3) is 0 Å². The van der Waals surface area contributed by atoms with Gasteiger partial charge >= 0.3 is 39.5 Å². The Morgan fingerprint density at radius 3 is 0.866 bits per heavy atom. The molecule has 0 aliphatic carbocycles. The Morgan fingerprint density at radius 2 is 0.585 bits per heavy atom. The van der Waals surface area contributed by atoms with Crippen molar-refractivity contribution in [2.75, 3.05) is 39.6 Å². The lowest BCUT2D eigenvalue weighted by Gasteiger charge is -2.21. The molecule has 0 rings (SSSR count). The number of ether oxygens (including phenoxy) is 4. The van der Waals surface area contributed by atoms with Gasteiger partial charge in [0.05, 0.1) is 26.4 Å².